The van der Waals surface area contributed by atoms with Crippen molar-refractivity contribution in [1.82, 2.24) is 5.32 Å². The third kappa shape index (κ3) is 1.57. The minimum atomic E-state index is -0.869. The molecule has 0 bridgehead atoms. The summed E-state index contributed by atoms with van der Waals surface area (Å²) in [6.07, 6.45) is 0.343. The van der Waals surface area contributed by atoms with Gasteiger partial charge in [0.1, 0.15) is 6.04 Å². The Hall–Kier alpha value is -0.650. The Morgan fingerprint density at radius 2 is 2.17 bits per heavy atom. The van der Waals surface area contributed by atoms with Crippen LogP contribution in [0.2, 0.25) is 0 Å². The molecule has 2 N–H and O–H groups in total. The molecule has 0 aromatic rings. The van der Waals surface area contributed by atoms with E-state index in [0.717, 1.165) is 0 Å². The Labute approximate surface area is 70.7 Å². The van der Waals surface area contributed by atoms with E-state index in [-0.39, 0.29) is 0 Å². The molecule has 5 heteroatoms. The predicted octanol–water partition coefficient (Wildman–Crippen LogP) is -0.578. The molecule has 1 aliphatic rings. The van der Waals surface area contributed by atoms with Crippen molar-refractivity contribution in [1.29, 1.82) is 0 Å². The van der Waals surface area contributed by atoms with Crippen molar-refractivity contribution in [3.05, 3.63) is 0 Å². The molecule has 0 spiro atoms. The molecule has 1 atom stereocenters. The van der Waals surface area contributed by atoms with Crippen LogP contribution in [-0.2, 0) is 14.3 Å². The van der Waals surface area contributed by atoms with E-state index in [1.807, 2.05) is 0 Å². The normalized spacial score (nSPS) is 27.3. The number of methoxy groups -OCH3 is 2. The van der Waals surface area contributed by atoms with Crippen LogP contribution < -0.4 is 5.32 Å². The molecule has 1 unspecified atom stereocenters. The maximum absolute atomic E-state index is 10.5. The molecule has 0 aliphatic carbocycles. The number of ether oxygens (including phenoxy) is 2. The summed E-state index contributed by atoms with van der Waals surface area (Å²) in [6.45, 7) is 0.414. The standard InChI is InChI=1S/C7H13NO4/c1-11-7(12-2)3-5(6(9)10)8-4-7/h5,8H,3-4H2,1-2H3,(H,9,10). The summed E-state index contributed by atoms with van der Waals surface area (Å²) in [6, 6.07) is -0.565. The quantitative estimate of drug-likeness (QED) is 0.562. The van der Waals surface area contributed by atoms with Crippen LogP contribution in [0.3, 0.4) is 0 Å². The van der Waals surface area contributed by atoms with E-state index in [0.29, 0.717) is 13.0 Å². The van der Waals surface area contributed by atoms with Gasteiger partial charge in [-0.3, -0.25) is 10.1 Å². The van der Waals surface area contributed by atoms with E-state index in [1.165, 1.54) is 14.2 Å². The minimum absolute atomic E-state index is 0.343. The molecule has 1 saturated heterocycles. The van der Waals surface area contributed by atoms with Crippen LogP contribution >= 0.6 is 0 Å². The maximum Gasteiger partial charge on any atom is 0.320 e. The molecule has 0 amide bonds. The molecule has 1 rings (SSSR count). The number of rotatable bonds is 3. The number of nitrogens with one attached hydrogen (secondary N) is 1. The Morgan fingerprint density at radius 3 is 2.42 bits per heavy atom. The summed E-state index contributed by atoms with van der Waals surface area (Å²) >= 11 is 0. The van der Waals surface area contributed by atoms with Gasteiger partial charge in [-0.2, -0.15) is 0 Å². The maximum atomic E-state index is 10.5. The molecule has 0 aromatic heterocycles. The Bertz CT molecular complexity index is 178. The van der Waals surface area contributed by atoms with Gasteiger partial charge in [0.25, 0.3) is 0 Å². The van der Waals surface area contributed by atoms with Crippen molar-refractivity contribution in [2.24, 2.45) is 0 Å². The van der Waals surface area contributed by atoms with Crippen LogP contribution in [0.1, 0.15) is 6.42 Å². The zero-order valence-corrected chi connectivity index (χ0v) is 7.16. The predicted molar refractivity (Wildman–Crippen MR) is 40.8 cm³/mol. The van der Waals surface area contributed by atoms with E-state index in [2.05, 4.69) is 5.32 Å². The summed E-state index contributed by atoms with van der Waals surface area (Å²) in [7, 11) is 3.02. The molecule has 0 aromatic carbocycles. The molecule has 12 heavy (non-hydrogen) atoms. The fourth-order valence-electron chi connectivity index (χ4n) is 1.30. The topological polar surface area (TPSA) is 67.8 Å². The lowest BCUT2D eigenvalue weighted by molar-refractivity contribution is -0.193. The summed E-state index contributed by atoms with van der Waals surface area (Å²) in [5.74, 6) is -1.63. The van der Waals surface area contributed by atoms with E-state index in [9.17, 15) is 4.79 Å². The zero-order valence-electron chi connectivity index (χ0n) is 7.16. The molecule has 0 saturated carbocycles. The lowest BCUT2D eigenvalue weighted by Gasteiger charge is -2.24. The summed E-state index contributed by atoms with van der Waals surface area (Å²) < 4.78 is 10.2. The monoisotopic (exact) mass is 175 g/mol. The highest BCUT2D eigenvalue weighted by molar-refractivity contribution is 5.74. The van der Waals surface area contributed by atoms with Crippen molar-refractivity contribution in [2.45, 2.75) is 18.2 Å². The minimum Gasteiger partial charge on any atom is -0.480 e. The molecule has 1 heterocycles. The van der Waals surface area contributed by atoms with Gasteiger partial charge >= 0.3 is 5.97 Å². The lowest BCUT2D eigenvalue weighted by Crippen LogP contribution is -2.35. The molecule has 70 valence electrons. The van der Waals surface area contributed by atoms with Crippen LogP contribution in [0, 0.1) is 0 Å². The fraction of sp³-hybridized carbons (Fsp3) is 0.857. The van der Waals surface area contributed by atoms with E-state index in [4.69, 9.17) is 14.6 Å². The van der Waals surface area contributed by atoms with Gasteiger partial charge in [-0.05, 0) is 0 Å². The Morgan fingerprint density at radius 1 is 1.58 bits per heavy atom. The first-order chi connectivity index (χ1) is 5.63. The van der Waals surface area contributed by atoms with Crippen LogP contribution in [0.25, 0.3) is 0 Å². The van der Waals surface area contributed by atoms with Gasteiger partial charge in [-0.25, -0.2) is 0 Å². The summed E-state index contributed by atoms with van der Waals surface area (Å²) in [4.78, 5) is 10.5. The Kier molecular flexibility index (Phi) is 2.66. The average molecular weight is 175 g/mol. The van der Waals surface area contributed by atoms with Crippen molar-refractivity contribution >= 4 is 5.97 Å². The second-order valence-corrected chi connectivity index (χ2v) is 2.79. The SMILES string of the molecule is COC1(OC)CNC(C(=O)O)C1. The molecule has 5 nitrogen and oxygen atoms in total. The fourth-order valence-corrected chi connectivity index (χ4v) is 1.30. The van der Waals surface area contributed by atoms with Crippen molar-refractivity contribution in [3.8, 4) is 0 Å². The van der Waals surface area contributed by atoms with Gasteiger partial charge < -0.3 is 14.6 Å². The van der Waals surface area contributed by atoms with Crippen LogP contribution in [0.4, 0.5) is 0 Å². The van der Waals surface area contributed by atoms with Crippen molar-refractivity contribution in [3.63, 3.8) is 0 Å². The van der Waals surface area contributed by atoms with Gasteiger partial charge in [-0.15, -0.1) is 0 Å². The number of carboxylic acid groups (broad SMARTS) is 1. The first kappa shape index (κ1) is 9.44. The van der Waals surface area contributed by atoms with Gasteiger partial charge in [0.15, 0.2) is 5.79 Å². The summed E-state index contributed by atoms with van der Waals surface area (Å²) in [5.41, 5.74) is 0. The Balaban J connectivity index is 2.58. The second kappa shape index (κ2) is 3.38. The smallest absolute Gasteiger partial charge is 0.320 e. The average Bonchev–Trinajstić information content (AvgIpc) is 2.49. The molecular weight excluding hydrogens is 162 g/mol. The van der Waals surface area contributed by atoms with Gasteiger partial charge in [0.2, 0.25) is 0 Å². The summed E-state index contributed by atoms with van der Waals surface area (Å²) in [5, 5.41) is 11.5. The van der Waals surface area contributed by atoms with Crippen LogP contribution in [0.5, 0.6) is 0 Å². The first-order valence-electron chi connectivity index (χ1n) is 3.70. The lowest BCUT2D eigenvalue weighted by atomic mass is 10.1. The highest BCUT2D eigenvalue weighted by atomic mass is 16.7. The first-order valence-corrected chi connectivity index (χ1v) is 3.70. The van der Waals surface area contributed by atoms with Gasteiger partial charge in [0.05, 0.1) is 6.54 Å². The second-order valence-electron chi connectivity index (χ2n) is 2.79. The number of hydrogen-bond donors (Lipinski definition) is 2. The number of carboxylic acids is 1. The van der Waals surface area contributed by atoms with Crippen LogP contribution in [0.15, 0.2) is 0 Å². The van der Waals surface area contributed by atoms with E-state index < -0.39 is 17.8 Å². The molecule has 1 aliphatic heterocycles. The number of carbonyl (C=O) groups is 1. The van der Waals surface area contributed by atoms with Crippen molar-refractivity contribution in [2.75, 3.05) is 20.8 Å². The highest BCUT2D eigenvalue weighted by Gasteiger charge is 2.42. The third-order valence-corrected chi connectivity index (χ3v) is 2.18. The van der Waals surface area contributed by atoms with Crippen LogP contribution in [-0.4, -0.2) is 43.7 Å². The zero-order chi connectivity index (χ0) is 9.19. The van der Waals surface area contributed by atoms with Crippen molar-refractivity contribution < 1.29 is 19.4 Å². The van der Waals surface area contributed by atoms with Gasteiger partial charge in [0, 0.05) is 20.6 Å². The molecule has 0 radical (unpaired) electrons. The molecule has 1 fully saturated rings. The van der Waals surface area contributed by atoms with E-state index in [1.54, 1.807) is 0 Å². The van der Waals surface area contributed by atoms with Gasteiger partial charge in [-0.1, -0.05) is 0 Å². The third-order valence-electron chi connectivity index (χ3n) is 2.18. The number of hydrogen-bond acceptors (Lipinski definition) is 4. The van der Waals surface area contributed by atoms with E-state index >= 15 is 0 Å². The largest absolute Gasteiger partial charge is 0.480 e. The highest BCUT2D eigenvalue weighted by Crippen LogP contribution is 2.23. The number of aliphatic carboxylic acids is 1. The molecular formula is C7H13NO4.